The van der Waals surface area contributed by atoms with Gasteiger partial charge in [0.1, 0.15) is 0 Å². The van der Waals surface area contributed by atoms with Crippen LogP contribution in [0.15, 0.2) is 12.1 Å². The fourth-order valence-electron chi connectivity index (χ4n) is 3.06. The Hall–Kier alpha value is 1.19. The molecule has 1 saturated carbocycles. The molecule has 1 heterocycles. The fraction of sp³-hybridized carbons (Fsp3) is 0.818. The third-order valence-corrected chi connectivity index (χ3v) is 3.81. The Bertz CT molecular complexity index is 270. The molecule has 0 aromatic heterocycles. The molecular formula is C11H18BF3KN. The van der Waals surface area contributed by atoms with Crippen molar-refractivity contribution in [2.24, 2.45) is 11.8 Å². The molecule has 0 spiro atoms. The molecular weight excluding hydrogens is 253 g/mol. The van der Waals surface area contributed by atoms with Crippen LogP contribution in [0.3, 0.4) is 0 Å². The molecule has 92 valence electrons. The van der Waals surface area contributed by atoms with Gasteiger partial charge in [0, 0.05) is 13.1 Å². The van der Waals surface area contributed by atoms with Crippen LogP contribution in [0.25, 0.3) is 0 Å². The van der Waals surface area contributed by atoms with Gasteiger partial charge in [0.15, 0.2) is 0 Å². The van der Waals surface area contributed by atoms with E-state index in [0.29, 0.717) is 11.8 Å². The molecule has 0 radical (unpaired) electrons. The monoisotopic (exact) mass is 271 g/mol. The van der Waals surface area contributed by atoms with Crippen molar-refractivity contribution in [3.05, 3.63) is 12.1 Å². The van der Waals surface area contributed by atoms with Gasteiger partial charge in [-0.25, -0.2) is 0 Å². The number of fused-ring (bicyclic) bond motifs is 2. The predicted molar refractivity (Wildman–Crippen MR) is 60.1 cm³/mol. The van der Waals surface area contributed by atoms with Crippen LogP contribution < -0.4 is 51.4 Å². The Kier molecular flexibility index (Phi) is 6.28. The van der Waals surface area contributed by atoms with E-state index in [1.165, 1.54) is 25.7 Å². The van der Waals surface area contributed by atoms with E-state index in [4.69, 9.17) is 0 Å². The van der Waals surface area contributed by atoms with Crippen molar-refractivity contribution in [2.45, 2.75) is 25.7 Å². The molecule has 1 aliphatic carbocycles. The van der Waals surface area contributed by atoms with Crippen LogP contribution in [0, 0.1) is 11.8 Å². The molecule has 0 aromatic carbocycles. The molecule has 2 unspecified atom stereocenters. The number of hydrogen-bond acceptors (Lipinski definition) is 1. The van der Waals surface area contributed by atoms with Gasteiger partial charge in [0.2, 0.25) is 0 Å². The molecule has 6 heteroatoms. The number of piperidine rings is 1. The normalized spacial score (nSPS) is 29.6. The standard InChI is InChI=1S/C11H18BF3N.K/c1-9(12(13,14)15)6-16-7-10-3-2-4-11(5-10)8-16;/h10-11H,1-8H2;/q-1;+1. The number of halogens is 3. The molecule has 0 N–H and O–H groups in total. The van der Waals surface area contributed by atoms with Gasteiger partial charge < -0.3 is 17.8 Å². The predicted octanol–water partition coefficient (Wildman–Crippen LogP) is 0.0552. The quantitative estimate of drug-likeness (QED) is 0.656. The number of nitrogens with zero attached hydrogens (tertiary/aromatic N) is 1. The SMILES string of the molecule is C=C(CN1CC2CCCC(C2)C1)[B-](F)(F)F.[K+]. The first-order valence-electron chi connectivity index (χ1n) is 6.05. The summed E-state index contributed by atoms with van der Waals surface area (Å²) in [4.78, 5) is 1.95. The maximum atomic E-state index is 12.4. The van der Waals surface area contributed by atoms with Crippen molar-refractivity contribution in [1.82, 2.24) is 4.90 Å². The summed E-state index contributed by atoms with van der Waals surface area (Å²) in [7, 11) is 0. The molecule has 2 fully saturated rings. The number of rotatable bonds is 3. The molecule has 17 heavy (non-hydrogen) atoms. The van der Waals surface area contributed by atoms with Gasteiger partial charge in [-0.3, -0.25) is 0 Å². The average Bonchev–Trinajstić information content (AvgIpc) is 2.15. The minimum atomic E-state index is -4.85. The number of likely N-dealkylation sites (tertiary alicyclic amines) is 1. The van der Waals surface area contributed by atoms with Gasteiger partial charge in [0.25, 0.3) is 0 Å². The van der Waals surface area contributed by atoms with E-state index in [1.807, 2.05) is 4.90 Å². The zero-order chi connectivity index (χ0) is 11.8. The maximum Gasteiger partial charge on any atom is 1.00 e. The molecule has 0 aromatic rings. The summed E-state index contributed by atoms with van der Waals surface area (Å²) >= 11 is 0. The minimum Gasteiger partial charge on any atom is -0.445 e. The Balaban J connectivity index is 0.00000144. The van der Waals surface area contributed by atoms with Crippen LogP contribution in [0.4, 0.5) is 12.9 Å². The first-order valence-corrected chi connectivity index (χ1v) is 6.05. The van der Waals surface area contributed by atoms with E-state index in [1.54, 1.807) is 0 Å². The fourth-order valence-corrected chi connectivity index (χ4v) is 3.06. The summed E-state index contributed by atoms with van der Waals surface area (Å²) < 4.78 is 37.3. The van der Waals surface area contributed by atoms with Crippen molar-refractivity contribution in [2.75, 3.05) is 19.6 Å². The van der Waals surface area contributed by atoms with Gasteiger partial charge in [-0.15, -0.1) is 12.1 Å². The topological polar surface area (TPSA) is 3.24 Å². The Morgan fingerprint density at radius 3 is 2.18 bits per heavy atom. The molecule has 1 aliphatic heterocycles. The summed E-state index contributed by atoms with van der Waals surface area (Å²) in [5, 5.41) is 0. The second-order valence-electron chi connectivity index (χ2n) is 5.33. The summed E-state index contributed by atoms with van der Waals surface area (Å²) in [6, 6.07) is 0. The molecule has 1 saturated heterocycles. The summed E-state index contributed by atoms with van der Waals surface area (Å²) in [6.45, 7) is 0.0155. The van der Waals surface area contributed by atoms with Crippen LogP contribution in [0.5, 0.6) is 0 Å². The maximum absolute atomic E-state index is 12.4. The van der Waals surface area contributed by atoms with Gasteiger partial charge in [0.05, 0.1) is 0 Å². The Morgan fingerprint density at radius 1 is 1.18 bits per heavy atom. The van der Waals surface area contributed by atoms with E-state index in [2.05, 4.69) is 6.58 Å². The van der Waals surface area contributed by atoms with Gasteiger partial charge in [-0.2, -0.15) is 0 Å². The summed E-state index contributed by atoms with van der Waals surface area (Å²) in [5.74, 6) is 1.25. The van der Waals surface area contributed by atoms with E-state index in [-0.39, 0.29) is 57.9 Å². The van der Waals surface area contributed by atoms with Gasteiger partial charge >= 0.3 is 58.4 Å². The summed E-state index contributed by atoms with van der Waals surface area (Å²) in [6.07, 6.45) is 4.86. The smallest absolute Gasteiger partial charge is 0.445 e. The van der Waals surface area contributed by atoms with Crippen molar-refractivity contribution in [1.29, 1.82) is 0 Å². The van der Waals surface area contributed by atoms with Gasteiger partial charge in [-0.1, -0.05) is 6.42 Å². The van der Waals surface area contributed by atoms with Crippen LogP contribution in [-0.4, -0.2) is 31.5 Å². The third kappa shape index (κ3) is 4.66. The van der Waals surface area contributed by atoms with E-state index >= 15 is 0 Å². The second-order valence-corrected chi connectivity index (χ2v) is 5.33. The van der Waals surface area contributed by atoms with Crippen molar-refractivity contribution >= 4 is 6.98 Å². The van der Waals surface area contributed by atoms with Crippen molar-refractivity contribution < 1.29 is 64.3 Å². The zero-order valence-corrected chi connectivity index (χ0v) is 13.6. The van der Waals surface area contributed by atoms with E-state index in [9.17, 15) is 12.9 Å². The molecule has 2 rings (SSSR count). The second kappa shape index (κ2) is 6.57. The van der Waals surface area contributed by atoms with E-state index < -0.39 is 12.4 Å². The van der Waals surface area contributed by atoms with Gasteiger partial charge in [-0.05, 0) is 37.6 Å². The van der Waals surface area contributed by atoms with E-state index in [0.717, 1.165) is 13.1 Å². The number of hydrogen-bond donors (Lipinski definition) is 0. The van der Waals surface area contributed by atoms with Crippen LogP contribution >= 0.6 is 0 Å². The molecule has 2 bridgehead atoms. The summed E-state index contributed by atoms with van der Waals surface area (Å²) in [5.41, 5.74) is -0.542. The zero-order valence-electron chi connectivity index (χ0n) is 10.5. The molecule has 1 nitrogen and oxygen atoms in total. The first kappa shape index (κ1) is 16.2. The Morgan fingerprint density at radius 2 is 1.71 bits per heavy atom. The largest absolute Gasteiger partial charge is 1.00 e. The Labute approximate surface area is 144 Å². The van der Waals surface area contributed by atoms with Crippen LogP contribution in [0.1, 0.15) is 25.7 Å². The van der Waals surface area contributed by atoms with Crippen molar-refractivity contribution in [3.8, 4) is 0 Å². The minimum absolute atomic E-state index is 0. The molecule has 0 amide bonds. The average molecular weight is 271 g/mol. The third-order valence-electron chi connectivity index (χ3n) is 3.81. The first-order chi connectivity index (χ1) is 7.45. The molecule has 2 atom stereocenters. The van der Waals surface area contributed by atoms with Crippen LogP contribution in [0.2, 0.25) is 0 Å². The van der Waals surface area contributed by atoms with Crippen LogP contribution in [-0.2, 0) is 0 Å². The molecule has 2 aliphatic rings. The van der Waals surface area contributed by atoms with Crippen molar-refractivity contribution in [3.63, 3.8) is 0 Å².